The number of amides is 1. The molecule has 30 heavy (non-hydrogen) atoms. The molecule has 1 amide bonds. The molecular formula is C25H21BrN2O2. The van der Waals surface area contributed by atoms with E-state index in [1.165, 1.54) is 10.9 Å². The van der Waals surface area contributed by atoms with E-state index in [-0.39, 0.29) is 11.9 Å². The van der Waals surface area contributed by atoms with Gasteiger partial charge in [-0.2, -0.15) is 0 Å². The van der Waals surface area contributed by atoms with Gasteiger partial charge >= 0.3 is 0 Å². The highest BCUT2D eigenvalue weighted by molar-refractivity contribution is 9.10. The number of aryl methyl sites for hydroxylation is 1. The van der Waals surface area contributed by atoms with Crippen molar-refractivity contribution in [2.24, 2.45) is 0 Å². The zero-order valence-electron chi connectivity index (χ0n) is 16.3. The molecule has 0 saturated heterocycles. The van der Waals surface area contributed by atoms with Gasteiger partial charge in [0.15, 0.2) is 0 Å². The molecule has 1 aliphatic carbocycles. The fourth-order valence-corrected chi connectivity index (χ4v) is 4.51. The average molecular weight is 461 g/mol. The van der Waals surface area contributed by atoms with E-state index in [1.807, 2.05) is 54.6 Å². The predicted octanol–water partition coefficient (Wildman–Crippen LogP) is 6.53. The Morgan fingerprint density at radius 1 is 1.00 bits per heavy atom. The molecule has 0 radical (unpaired) electrons. The molecule has 0 aliphatic heterocycles. The standard InChI is InChI=1S/C25H21BrN2O2/c26-17-12-13-22-21(15-17)20-10-5-11-23(24(20)27-22)28-25(29)16-6-4-9-19(14-16)30-18-7-2-1-3-8-18/h1-4,6-9,12-15,23,27H,5,10-11H2,(H,28,29). The van der Waals surface area contributed by atoms with E-state index in [0.29, 0.717) is 11.3 Å². The number of halogens is 1. The molecule has 1 heterocycles. The predicted molar refractivity (Wildman–Crippen MR) is 122 cm³/mol. The summed E-state index contributed by atoms with van der Waals surface area (Å²) >= 11 is 3.57. The smallest absolute Gasteiger partial charge is 0.251 e. The van der Waals surface area contributed by atoms with Crippen LogP contribution >= 0.6 is 15.9 Å². The van der Waals surface area contributed by atoms with Crippen molar-refractivity contribution >= 4 is 32.7 Å². The second-order valence-corrected chi connectivity index (χ2v) is 8.48. The van der Waals surface area contributed by atoms with E-state index in [2.05, 4.69) is 38.4 Å². The number of fused-ring (bicyclic) bond motifs is 3. The third-order valence-corrected chi connectivity index (χ3v) is 6.04. The monoisotopic (exact) mass is 460 g/mol. The first-order valence-electron chi connectivity index (χ1n) is 10.1. The number of nitrogens with one attached hydrogen (secondary N) is 2. The molecule has 1 atom stereocenters. The van der Waals surface area contributed by atoms with Gasteiger partial charge in [-0.05, 0) is 73.4 Å². The highest BCUT2D eigenvalue weighted by Crippen LogP contribution is 2.36. The molecule has 5 heteroatoms. The summed E-state index contributed by atoms with van der Waals surface area (Å²) in [4.78, 5) is 16.5. The Hall–Kier alpha value is -3.05. The van der Waals surface area contributed by atoms with Crippen molar-refractivity contribution in [1.82, 2.24) is 10.3 Å². The molecule has 0 fully saturated rings. The fraction of sp³-hybridized carbons (Fsp3) is 0.160. The van der Waals surface area contributed by atoms with Crippen LogP contribution in [0, 0.1) is 0 Å². The molecule has 4 nitrogen and oxygen atoms in total. The summed E-state index contributed by atoms with van der Waals surface area (Å²) in [5, 5.41) is 4.45. The van der Waals surface area contributed by atoms with Gasteiger partial charge in [-0.25, -0.2) is 0 Å². The van der Waals surface area contributed by atoms with Crippen molar-refractivity contribution in [2.45, 2.75) is 25.3 Å². The highest BCUT2D eigenvalue weighted by atomic mass is 79.9. The second-order valence-electron chi connectivity index (χ2n) is 7.57. The molecule has 1 unspecified atom stereocenters. The third-order valence-electron chi connectivity index (χ3n) is 5.55. The summed E-state index contributed by atoms with van der Waals surface area (Å²) in [6.07, 6.45) is 3.00. The maximum atomic E-state index is 13.0. The molecule has 1 aliphatic rings. The van der Waals surface area contributed by atoms with Crippen LogP contribution in [0.4, 0.5) is 0 Å². The van der Waals surface area contributed by atoms with Gasteiger partial charge in [0, 0.05) is 26.6 Å². The van der Waals surface area contributed by atoms with E-state index in [4.69, 9.17) is 4.74 Å². The minimum atomic E-state index is -0.0915. The minimum Gasteiger partial charge on any atom is -0.457 e. The van der Waals surface area contributed by atoms with Gasteiger partial charge in [0.1, 0.15) is 11.5 Å². The van der Waals surface area contributed by atoms with Gasteiger partial charge in [-0.1, -0.05) is 40.2 Å². The normalized spacial score (nSPS) is 15.6. The number of rotatable bonds is 4. The number of H-pyrrole nitrogens is 1. The van der Waals surface area contributed by atoms with Gasteiger partial charge in [0.25, 0.3) is 5.91 Å². The van der Waals surface area contributed by atoms with Crippen molar-refractivity contribution < 1.29 is 9.53 Å². The number of hydrogen-bond acceptors (Lipinski definition) is 2. The lowest BCUT2D eigenvalue weighted by atomic mass is 9.91. The molecule has 5 rings (SSSR count). The van der Waals surface area contributed by atoms with Crippen LogP contribution < -0.4 is 10.1 Å². The number of hydrogen-bond donors (Lipinski definition) is 2. The van der Waals surface area contributed by atoms with Crippen LogP contribution in [0.3, 0.4) is 0 Å². The van der Waals surface area contributed by atoms with Gasteiger partial charge in [0.2, 0.25) is 0 Å². The molecule has 0 saturated carbocycles. The van der Waals surface area contributed by atoms with Gasteiger partial charge in [-0.3, -0.25) is 4.79 Å². The van der Waals surface area contributed by atoms with E-state index in [1.54, 1.807) is 6.07 Å². The molecule has 0 spiro atoms. The minimum absolute atomic E-state index is 0.0221. The SMILES string of the molecule is O=C(NC1CCCc2c1[nH]c1ccc(Br)cc21)c1cccc(Oc2ccccc2)c1. The molecule has 150 valence electrons. The maximum absolute atomic E-state index is 13.0. The van der Waals surface area contributed by atoms with Crippen molar-refractivity contribution in [2.75, 3.05) is 0 Å². The molecular weight excluding hydrogens is 440 g/mol. The van der Waals surface area contributed by atoms with Crippen LogP contribution in [-0.4, -0.2) is 10.9 Å². The van der Waals surface area contributed by atoms with Gasteiger partial charge < -0.3 is 15.0 Å². The number of carbonyl (C=O) groups excluding carboxylic acids is 1. The number of aromatic amines is 1. The highest BCUT2D eigenvalue weighted by Gasteiger charge is 2.26. The first-order chi connectivity index (χ1) is 14.7. The molecule has 4 aromatic rings. The summed E-state index contributed by atoms with van der Waals surface area (Å²) in [6, 6.07) is 23.1. The quantitative estimate of drug-likeness (QED) is 0.363. The van der Waals surface area contributed by atoms with Crippen LogP contribution in [0.5, 0.6) is 11.5 Å². The van der Waals surface area contributed by atoms with Crippen molar-refractivity contribution in [3.63, 3.8) is 0 Å². The number of aromatic nitrogens is 1. The van der Waals surface area contributed by atoms with E-state index >= 15 is 0 Å². The third kappa shape index (κ3) is 3.73. The topological polar surface area (TPSA) is 54.1 Å². The van der Waals surface area contributed by atoms with Crippen molar-refractivity contribution in [1.29, 1.82) is 0 Å². The Kier molecular flexibility index (Phi) is 5.05. The summed E-state index contributed by atoms with van der Waals surface area (Å²) in [5.74, 6) is 1.30. The van der Waals surface area contributed by atoms with E-state index in [9.17, 15) is 4.79 Å². The zero-order chi connectivity index (χ0) is 20.5. The first kappa shape index (κ1) is 18.9. The lowest BCUT2D eigenvalue weighted by Gasteiger charge is -2.24. The Bertz CT molecular complexity index is 1220. The summed E-state index contributed by atoms with van der Waals surface area (Å²) in [7, 11) is 0. The average Bonchev–Trinajstić information content (AvgIpc) is 3.14. The van der Waals surface area contributed by atoms with Crippen LogP contribution in [0.1, 0.15) is 40.5 Å². The number of ether oxygens (including phenoxy) is 1. The molecule has 1 aromatic heterocycles. The summed E-state index contributed by atoms with van der Waals surface area (Å²) < 4.78 is 6.94. The number of benzene rings is 3. The van der Waals surface area contributed by atoms with Gasteiger partial charge in [-0.15, -0.1) is 0 Å². The van der Waals surface area contributed by atoms with E-state index in [0.717, 1.165) is 40.7 Å². The summed E-state index contributed by atoms with van der Waals surface area (Å²) in [6.45, 7) is 0. The molecule has 0 bridgehead atoms. The van der Waals surface area contributed by atoms with Gasteiger partial charge in [0.05, 0.1) is 6.04 Å². The van der Waals surface area contributed by atoms with E-state index < -0.39 is 0 Å². The lowest BCUT2D eigenvalue weighted by Crippen LogP contribution is -2.31. The first-order valence-corrected chi connectivity index (χ1v) is 10.9. The second kappa shape index (κ2) is 8.00. The molecule has 3 aromatic carbocycles. The zero-order valence-corrected chi connectivity index (χ0v) is 17.9. The van der Waals surface area contributed by atoms with Crippen molar-refractivity contribution in [3.8, 4) is 11.5 Å². The Balaban J connectivity index is 1.38. The maximum Gasteiger partial charge on any atom is 0.251 e. The number of carbonyl (C=O) groups is 1. The molecule has 2 N–H and O–H groups in total. The van der Waals surface area contributed by atoms with Crippen molar-refractivity contribution in [3.05, 3.63) is 94.1 Å². The summed E-state index contributed by atoms with van der Waals surface area (Å²) in [5.41, 5.74) is 4.14. The fourth-order valence-electron chi connectivity index (χ4n) is 4.15. The van der Waals surface area contributed by atoms with Crippen LogP contribution in [0.2, 0.25) is 0 Å². The Morgan fingerprint density at radius 2 is 1.83 bits per heavy atom. The Labute approximate surface area is 183 Å². The largest absolute Gasteiger partial charge is 0.457 e. The van der Waals surface area contributed by atoms with Crippen LogP contribution in [0.25, 0.3) is 10.9 Å². The van der Waals surface area contributed by atoms with Crippen LogP contribution in [0.15, 0.2) is 77.3 Å². The lowest BCUT2D eigenvalue weighted by molar-refractivity contribution is 0.0931. The number of para-hydroxylation sites is 1. The van der Waals surface area contributed by atoms with Crippen LogP contribution in [-0.2, 0) is 6.42 Å². The Morgan fingerprint density at radius 3 is 2.70 bits per heavy atom.